The predicted molar refractivity (Wildman–Crippen MR) is 45.9 cm³/mol. The van der Waals surface area contributed by atoms with Crippen LogP contribution in [-0.4, -0.2) is 0 Å². The van der Waals surface area contributed by atoms with Crippen LogP contribution >= 0.6 is 0 Å². The van der Waals surface area contributed by atoms with Gasteiger partial charge < -0.3 is 0 Å². The molecule has 58 valence electrons. The standard InChI is InChI=1S/C10H18/c1-4-8(3)6-10-7-9(10)5-2/h5,8,10H,4,6-7H2,1-3H3. The molecule has 1 rings (SSSR count). The lowest BCUT2D eigenvalue weighted by Gasteiger charge is -2.04. The molecular weight excluding hydrogens is 120 g/mol. The SMILES string of the molecule is CC=C1CC1CC(C)CC. The molecule has 1 aliphatic rings. The fraction of sp³-hybridized carbons (Fsp3) is 0.800. The van der Waals surface area contributed by atoms with Gasteiger partial charge in [-0.3, -0.25) is 0 Å². The highest BCUT2D eigenvalue weighted by Crippen LogP contribution is 2.42. The van der Waals surface area contributed by atoms with Crippen molar-refractivity contribution in [1.82, 2.24) is 0 Å². The van der Waals surface area contributed by atoms with E-state index >= 15 is 0 Å². The third-order valence-electron chi connectivity index (χ3n) is 2.60. The van der Waals surface area contributed by atoms with Gasteiger partial charge in [-0.05, 0) is 31.6 Å². The number of allylic oxidation sites excluding steroid dienone is 2. The van der Waals surface area contributed by atoms with Crippen LogP contribution in [0.25, 0.3) is 0 Å². The second-order valence-electron chi connectivity index (χ2n) is 3.51. The molecule has 0 N–H and O–H groups in total. The third-order valence-corrected chi connectivity index (χ3v) is 2.60. The summed E-state index contributed by atoms with van der Waals surface area (Å²) in [5.41, 5.74) is 1.69. The van der Waals surface area contributed by atoms with Gasteiger partial charge in [0, 0.05) is 0 Å². The van der Waals surface area contributed by atoms with Crippen molar-refractivity contribution in [2.45, 2.75) is 40.0 Å². The zero-order chi connectivity index (χ0) is 7.56. The fourth-order valence-electron chi connectivity index (χ4n) is 1.47. The van der Waals surface area contributed by atoms with Crippen molar-refractivity contribution in [1.29, 1.82) is 0 Å². The van der Waals surface area contributed by atoms with Crippen molar-refractivity contribution in [3.8, 4) is 0 Å². The second kappa shape index (κ2) is 3.23. The Morgan fingerprint density at radius 3 is 2.80 bits per heavy atom. The summed E-state index contributed by atoms with van der Waals surface area (Å²) >= 11 is 0. The highest BCUT2D eigenvalue weighted by molar-refractivity contribution is 5.22. The van der Waals surface area contributed by atoms with Crippen LogP contribution in [0.4, 0.5) is 0 Å². The molecule has 0 aromatic heterocycles. The summed E-state index contributed by atoms with van der Waals surface area (Å²) in [6, 6.07) is 0. The zero-order valence-corrected chi connectivity index (χ0v) is 7.35. The smallest absolute Gasteiger partial charge is 0.0163 e. The third kappa shape index (κ3) is 1.86. The minimum absolute atomic E-state index is 0.933. The summed E-state index contributed by atoms with van der Waals surface area (Å²) in [5.74, 6) is 1.90. The Bertz CT molecular complexity index is 133. The topological polar surface area (TPSA) is 0 Å². The van der Waals surface area contributed by atoms with Gasteiger partial charge in [0.2, 0.25) is 0 Å². The van der Waals surface area contributed by atoms with E-state index in [9.17, 15) is 0 Å². The van der Waals surface area contributed by atoms with E-state index in [1.54, 1.807) is 5.57 Å². The Morgan fingerprint density at radius 1 is 1.70 bits per heavy atom. The molecule has 0 saturated heterocycles. The maximum Gasteiger partial charge on any atom is -0.0163 e. The van der Waals surface area contributed by atoms with Crippen molar-refractivity contribution in [3.05, 3.63) is 11.6 Å². The van der Waals surface area contributed by atoms with E-state index in [2.05, 4.69) is 26.8 Å². The highest BCUT2D eigenvalue weighted by Gasteiger charge is 2.28. The van der Waals surface area contributed by atoms with Crippen LogP contribution in [-0.2, 0) is 0 Å². The first-order chi connectivity index (χ1) is 4.77. The van der Waals surface area contributed by atoms with Gasteiger partial charge >= 0.3 is 0 Å². The van der Waals surface area contributed by atoms with Crippen molar-refractivity contribution < 1.29 is 0 Å². The molecule has 2 atom stereocenters. The molecule has 0 radical (unpaired) electrons. The maximum absolute atomic E-state index is 2.35. The van der Waals surface area contributed by atoms with E-state index in [1.165, 1.54) is 19.3 Å². The first-order valence-corrected chi connectivity index (χ1v) is 4.43. The molecule has 0 amide bonds. The lowest BCUT2D eigenvalue weighted by Crippen LogP contribution is -1.92. The van der Waals surface area contributed by atoms with Crippen LogP contribution in [0.5, 0.6) is 0 Å². The Labute approximate surface area is 64.3 Å². The van der Waals surface area contributed by atoms with Gasteiger partial charge in [0.15, 0.2) is 0 Å². The first kappa shape index (κ1) is 7.84. The Balaban J connectivity index is 2.17. The molecule has 0 aromatic carbocycles. The molecule has 2 unspecified atom stereocenters. The second-order valence-corrected chi connectivity index (χ2v) is 3.51. The molecule has 0 aliphatic heterocycles. The molecule has 0 bridgehead atoms. The normalized spacial score (nSPS) is 30.7. The monoisotopic (exact) mass is 138 g/mol. The number of hydrogen-bond donors (Lipinski definition) is 0. The molecule has 1 fully saturated rings. The number of hydrogen-bond acceptors (Lipinski definition) is 0. The lowest BCUT2D eigenvalue weighted by atomic mass is 10.0. The van der Waals surface area contributed by atoms with E-state index in [0.29, 0.717) is 0 Å². The first-order valence-electron chi connectivity index (χ1n) is 4.43. The van der Waals surface area contributed by atoms with Gasteiger partial charge in [-0.15, -0.1) is 0 Å². The van der Waals surface area contributed by atoms with E-state index in [-0.39, 0.29) is 0 Å². The molecule has 1 saturated carbocycles. The van der Waals surface area contributed by atoms with Crippen molar-refractivity contribution in [3.63, 3.8) is 0 Å². The van der Waals surface area contributed by atoms with Crippen LogP contribution in [0.15, 0.2) is 11.6 Å². The summed E-state index contributed by atoms with van der Waals surface area (Å²) in [6.45, 7) is 6.79. The molecule has 10 heavy (non-hydrogen) atoms. The summed E-state index contributed by atoms with van der Waals surface area (Å²) in [5, 5.41) is 0. The quantitative estimate of drug-likeness (QED) is 0.524. The van der Waals surface area contributed by atoms with Crippen molar-refractivity contribution in [2.24, 2.45) is 11.8 Å². The highest BCUT2D eigenvalue weighted by atomic mass is 14.3. The van der Waals surface area contributed by atoms with Crippen LogP contribution in [0.3, 0.4) is 0 Å². The molecular formula is C10H18. The van der Waals surface area contributed by atoms with E-state index < -0.39 is 0 Å². The van der Waals surface area contributed by atoms with Gasteiger partial charge in [0.05, 0.1) is 0 Å². The van der Waals surface area contributed by atoms with Gasteiger partial charge in [-0.1, -0.05) is 31.9 Å². The predicted octanol–water partition coefficient (Wildman–Crippen LogP) is 3.39. The van der Waals surface area contributed by atoms with Crippen LogP contribution in [0.2, 0.25) is 0 Å². The van der Waals surface area contributed by atoms with Crippen LogP contribution in [0.1, 0.15) is 40.0 Å². The molecule has 0 nitrogen and oxygen atoms in total. The minimum atomic E-state index is 0.933. The molecule has 0 heteroatoms. The van der Waals surface area contributed by atoms with Gasteiger partial charge in [-0.2, -0.15) is 0 Å². The summed E-state index contributed by atoms with van der Waals surface area (Å²) < 4.78 is 0. The average molecular weight is 138 g/mol. The minimum Gasteiger partial charge on any atom is -0.0881 e. The van der Waals surface area contributed by atoms with Crippen LogP contribution < -0.4 is 0 Å². The van der Waals surface area contributed by atoms with Gasteiger partial charge in [0.1, 0.15) is 0 Å². The molecule has 0 heterocycles. The van der Waals surface area contributed by atoms with Crippen molar-refractivity contribution >= 4 is 0 Å². The fourth-order valence-corrected chi connectivity index (χ4v) is 1.47. The Kier molecular flexibility index (Phi) is 2.53. The summed E-state index contributed by atoms with van der Waals surface area (Å²) in [6.07, 6.45) is 6.44. The van der Waals surface area contributed by atoms with Crippen LogP contribution in [0, 0.1) is 11.8 Å². The number of rotatable bonds is 3. The largest absolute Gasteiger partial charge is 0.0881 e. The van der Waals surface area contributed by atoms with Crippen molar-refractivity contribution in [2.75, 3.05) is 0 Å². The Morgan fingerprint density at radius 2 is 2.40 bits per heavy atom. The van der Waals surface area contributed by atoms with E-state index in [4.69, 9.17) is 0 Å². The molecule has 0 spiro atoms. The zero-order valence-electron chi connectivity index (χ0n) is 7.35. The lowest BCUT2D eigenvalue weighted by molar-refractivity contribution is 0.490. The molecule has 1 aliphatic carbocycles. The van der Waals surface area contributed by atoms with Gasteiger partial charge in [-0.25, -0.2) is 0 Å². The summed E-state index contributed by atoms with van der Waals surface area (Å²) in [4.78, 5) is 0. The van der Waals surface area contributed by atoms with Gasteiger partial charge in [0.25, 0.3) is 0 Å². The van der Waals surface area contributed by atoms with E-state index in [1.807, 2.05) is 0 Å². The average Bonchev–Trinajstić information content (AvgIpc) is 2.67. The van der Waals surface area contributed by atoms with E-state index in [0.717, 1.165) is 11.8 Å². The molecule has 0 aromatic rings. The summed E-state index contributed by atoms with van der Waals surface area (Å²) in [7, 11) is 0. The Hall–Kier alpha value is -0.260. The maximum atomic E-state index is 2.35.